The molecule has 2 N–H and O–H groups in total. The lowest BCUT2D eigenvalue weighted by Crippen LogP contribution is -2.26. The Balaban J connectivity index is 1.63. The van der Waals surface area contributed by atoms with Gasteiger partial charge in [-0.15, -0.1) is 0 Å². The number of aryl methyl sites for hydroxylation is 2. The average Bonchev–Trinajstić information content (AvgIpc) is 2.64. The standard InChI is InChI=1S/C21H26N4O/c1-15-8-6-7-11-18(15)25-20-14-19(23-16(2)24-20)21(26)22-13-12-17-9-4-3-5-10-17/h6-9,11,14H,3-5,10,12-13H2,1-2H3,(H,22,26)(H,23,24,25). The molecule has 0 fully saturated rings. The summed E-state index contributed by atoms with van der Waals surface area (Å²) in [6, 6.07) is 9.69. The molecule has 1 aliphatic carbocycles. The van der Waals surface area contributed by atoms with E-state index in [1.165, 1.54) is 24.8 Å². The first-order chi connectivity index (χ1) is 12.6. The van der Waals surface area contributed by atoms with Gasteiger partial charge in [0.2, 0.25) is 0 Å². The molecule has 2 aromatic rings. The van der Waals surface area contributed by atoms with Crippen molar-refractivity contribution in [2.45, 2.75) is 46.0 Å². The smallest absolute Gasteiger partial charge is 0.270 e. The van der Waals surface area contributed by atoms with E-state index < -0.39 is 0 Å². The van der Waals surface area contributed by atoms with Gasteiger partial charge in [0.1, 0.15) is 17.3 Å². The summed E-state index contributed by atoms with van der Waals surface area (Å²) >= 11 is 0. The van der Waals surface area contributed by atoms with Crippen molar-refractivity contribution in [2.24, 2.45) is 0 Å². The number of amides is 1. The zero-order valence-electron chi connectivity index (χ0n) is 15.5. The van der Waals surface area contributed by atoms with Crippen molar-refractivity contribution >= 4 is 17.4 Å². The molecule has 1 aromatic heterocycles. The molecule has 0 saturated heterocycles. The van der Waals surface area contributed by atoms with Crippen molar-refractivity contribution in [3.8, 4) is 0 Å². The van der Waals surface area contributed by atoms with E-state index in [4.69, 9.17) is 0 Å². The van der Waals surface area contributed by atoms with Gasteiger partial charge in [0, 0.05) is 18.3 Å². The van der Waals surface area contributed by atoms with Gasteiger partial charge < -0.3 is 10.6 Å². The van der Waals surface area contributed by atoms with Crippen LogP contribution in [0.4, 0.5) is 11.5 Å². The Morgan fingerprint density at radius 1 is 1.15 bits per heavy atom. The minimum atomic E-state index is -0.153. The number of aromatic nitrogens is 2. The SMILES string of the molecule is Cc1nc(Nc2ccccc2C)cc(C(=O)NCCC2=CCCCC2)n1. The van der Waals surface area contributed by atoms with Gasteiger partial charge in [0.05, 0.1) is 0 Å². The van der Waals surface area contributed by atoms with Crippen LogP contribution >= 0.6 is 0 Å². The topological polar surface area (TPSA) is 66.9 Å². The number of carbonyl (C=O) groups is 1. The second-order valence-corrected chi connectivity index (χ2v) is 6.74. The molecule has 1 heterocycles. The Hall–Kier alpha value is -2.69. The lowest BCUT2D eigenvalue weighted by atomic mass is 9.97. The second-order valence-electron chi connectivity index (χ2n) is 6.74. The molecule has 5 heteroatoms. The van der Waals surface area contributed by atoms with Crippen LogP contribution < -0.4 is 10.6 Å². The predicted molar refractivity (Wildman–Crippen MR) is 105 cm³/mol. The van der Waals surface area contributed by atoms with E-state index in [2.05, 4.69) is 26.7 Å². The van der Waals surface area contributed by atoms with E-state index in [0.29, 0.717) is 23.9 Å². The summed E-state index contributed by atoms with van der Waals surface area (Å²) in [5.74, 6) is 1.05. The number of carbonyl (C=O) groups excluding carboxylic acids is 1. The highest BCUT2D eigenvalue weighted by atomic mass is 16.1. The molecule has 1 aromatic carbocycles. The van der Waals surface area contributed by atoms with Crippen LogP contribution in [0.15, 0.2) is 42.0 Å². The van der Waals surface area contributed by atoms with Gasteiger partial charge in [0.15, 0.2) is 0 Å². The first-order valence-corrected chi connectivity index (χ1v) is 9.26. The molecule has 5 nitrogen and oxygen atoms in total. The first-order valence-electron chi connectivity index (χ1n) is 9.26. The molecule has 0 unspecified atom stereocenters. The van der Waals surface area contributed by atoms with Crippen LogP contribution in [0.5, 0.6) is 0 Å². The molecule has 0 bridgehead atoms. The summed E-state index contributed by atoms with van der Waals surface area (Å²) in [6.07, 6.45) is 8.11. The Labute approximate surface area is 155 Å². The van der Waals surface area contributed by atoms with E-state index in [1.807, 2.05) is 31.2 Å². The Bertz CT molecular complexity index is 813. The van der Waals surface area contributed by atoms with E-state index in [9.17, 15) is 4.79 Å². The monoisotopic (exact) mass is 350 g/mol. The van der Waals surface area contributed by atoms with Gasteiger partial charge in [-0.3, -0.25) is 4.79 Å². The molecule has 0 atom stereocenters. The number of anilines is 2. The van der Waals surface area contributed by atoms with Crippen molar-refractivity contribution in [1.29, 1.82) is 0 Å². The van der Waals surface area contributed by atoms with Crippen molar-refractivity contribution in [3.63, 3.8) is 0 Å². The number of hydrogen-bond acceptors (Lipinski definition) is 4. The van der Waals surface area contributed by atoms with Crippen molar-refractivity contribution in [1.82, 2.24) is 15.3 Å². The Morgan fingerprint density at radius 2 is 2.00 bits per heavy atom. The number of nitrogens with one attached hydrogen (secondary N) is 2. The molecule has 26 heavy (non-hydrogen) atoms. The summed E-state index contributed by atoms with van der Waals surface area (Å²) in [4.78, 5) is 21.1. The molecule has 0 radical (unpaired) electrons. The van der Waals surface area contributed by atoms with Gasteiger partial charge >= 0.3 is 0 Å². The molecule has 3 rings (SSSR count). The average molecular weight is 350 g/mol. The summed E-state index contributed by atoms with van der Waals surface area (Å²) < 4.78 is 0. The van der Waals surface area contributed by atoms with Gasteiger partial charge in [0.25, 0.3) is 5.91 Å². The lowest BCUT2D eigenvalue weighted by molar-refractivity contribution is 0.0948. The first kappa shape index (κ1) is 18.1. The number of nitrogens with zero attached hydrogens (tertiary/aromatic N) is 2. The Morgan fingerprint density at radius 3 is 2.77 bits per heavy atom. The maximum Gasteiger partial charge on any atom is 0.270 e. The summed E-state index contributed by atoms with van der Waals surface area (Å²) in [6.45, 7) is 4.48. The van der Waals surface area contributed by atoms with Crippen LogP contribution in [0.2, 0.25) is 0 Å². The van der Waals surface area contributed by atoms with Gasteiger partial charge in [-0.1, -0.05) is 29.8 Å². The van der Waals surface area contributed by atoms with Crippen LogP contribution in [-0.4, -0.2) is 22.4 Å². The van der Waals surface area contributed by atoms with Crippen LogP contribution in [0.3, 0.4) is 0 Å². The minimum Gasteiger partial charge on any atom is -0.350 e. The zero-order chi connectivity index (χ0) is 18.4. The van der Waals surface area contributed by atoms with Crippen molar-refractivity contribution in [3.05, 3.63) is 59.1 Å². The highest BCUT2D eigenvalue weighted by Gasteiger charge is 2.11. The molecule has 0 spiro atoms. The molecular weight excluding hydrogens is 324 g/mol. The van der Waals surface area contributed by atoms with Gasteiger partial charge in [-0.2, -0.15) is 0 Å². The predicted octanol–water partition coefficient (Wildman–Crippen LogP) is 4.46. The molecular formula is C21H26N4O. The number of benzene rings is 1. The van der Waals surface area contributed by atoms with Gasteiger partial charge in [-0.25, -0.2) is 9.97 Å². The van der Waals surface area contributed by atoms with Crippen LogP contribution in [0.1, 0.15) is 54.0 Å². The number of rotatable bonds is 6. The fourth-order valence-corrected chi connectivity index (χ4v) is 3.16. The van der Waals surface area contributed by atoms with E-state index in [-0.39, 0.29) is 5.91 Å². The van der Waals surface area contributed by atoms with E-state index in [1.54, 1.807) is 13.0 Å². The fraction of sp³-hybridized carbons (Fsp3) is 0.381. The van der Waals surface area contributed by atoms with Gasteiger partial charge in [-0.05, 0) is 57.6 Å². The van der Waals surface area contributed by atoms with Crippen LogP contribution in [-0.2, 0) is 0 Å². The Kier molecular flexibility index (Phi) is 6.00. The van der Waals surface area contributed by atoms with E-state index >= 15 is 0 Å². The van der Waals surface area contributed by atoms with E-state index in [0.717, 1.165) is 24.1 Å². The van der Waals surface area contributed by atoms with Crippen LogP contribution in [0.25, 0.3) is 0 Å². The molecule has 136 valence electrons. The minimum absolute atomic E-state index is 0.153. The summed E-state index contributed by atoms with van der Waals surface area (Å²) in [5.41, 5.74) is 3.94. The maximum absolute atomic E-state index is 12.5. The molecule has 1 amide bonds. The zero-order valence-corrected chi connectivity index (χ0v) is 15.5. The number of para-hydroxylation sites is 1. The largest absolute Gasteiger partial charge is 0.350 e. The normalized spacial score (nSPS) is 13.8. The summed E-state index contributed by atoms with van der Waals surface area (Å²) in [5, 5.41) is 6.25. The third kappa shape index (κ3) is 4.91. The molecule has 0 aliphatic heterocycles. The molecule has 1 aliphatic rings. The number of hydrogen-bond donors (Lipinski definition) is 2. The highest BCUT2D eigenvalue weighted by molar-refractivity contribution is 5.93. The molecule has 0 saturated carbocycles. The van der Waals surface area contributed by atoms with Crippen molar-refractivity contribution in [2.75, 3.05) is 11.9 Å². The quantitative estimate of drug-likeness (QED) is 0.755. The third-order valence-electron chi connectivity index (χ3n) is 4.60. The van der Waals surface area contributed by atoms with Crippen molar-refractivity contribution < 1.29 is 4.79 Å². The fourth-order valence-electron chi connectivity index (χ4n) is 3.16. The summed E-state index contributed by atoms with van der Waals surface area (Å²) in [7, 11) is 0. The lowest BCUT2D eigenvalue weighted by Gasteiger charge is -2.13. The maximum atomic E-state index is 12.5. The highest BCUT2D eigenvalue weighted by Crippen LogP contribution is 2.20. The number of allylic oxidation sites excluding steroid dienone is 1. The van der Waals surface area contributed by atoms with Crippen LogP contribution in [0, 0.1) is 13.8 Å². The second kappa shape index (κ2) is 8.61. The third-order valence-corrected chi connectivity index (χ3v) is 4.60.